The summed E-state index contributed by atoms with van der Waals surface area (Å²) in [5, 5.41) is 1.58. The van der Waals surface area contributed by atoms with Gasteiger partial charge in [0.25, 0.3) is 0 Å². The lowest BCUT2D eigenvalue weighted by Gasteiger charge is -2.36. The highest BCUT2D eigenvalue weighted by molar-refractivity contribution is 7.91. The van der Waals surface area contributed by atoms with E-state index in [1.807, 2.05) is 74.2 Å². The number of esters is 1. The van der Waals surface area contributed by atoms with E-state index in [9.17, 15) is 18.0 Å². The van der Waals surface area contributed by atoms with Gasteiger partial charge in [0, 0.05) is 35.4 Å². The zero-order chi connectivity index (χ0) is 45.8. The van der Waals surface area contributed by atoms with Crippen molar-refractivity contribution in [3.05, 3.63) is 66.9 Å². The van der Waals surface area contributed by atoms with Gasteiger partial charge in [0.15, 0.2) is 17.3 Å². The van der Waals surface area contributed by atoms with E-state index in [1.54, 1.807) is 14.0 Å². The predicted octanol–water partition coefficient (Wildman–Crippen LogP) is 8.34. The summed E-state index contributed by atoms with van der Waals surface area (Å²) in [5.74, 6) is 0.757. The molecule has 0 radical (unpaired) electrons. The molecule has 14 heteroatoms. The summed E-state index contributed by atoms with van der Waals surface area (Å²) in [7, 11) is -2.33. The van der Waals surface area contributed by atoms with E-state index in [-0.39, 0.29) is 55.3 Å². The summed E-state index contributed by atoms with van der Waals surface area (Å²) in [4.78, 5) is 49.9. The lowest BCUT2D eigenvalue weighted by molar-refractivity contribution is -0.156. The van der Waals surface area contributed by atoms with E-state index in [2.05, 4.69) is 31.2 Å². The van der Waals surface area contributed by atoms with Crippen molar-refractivity contribution < 1.29 is 46.5 Å². The average molecular weight is 898 g/mol. The third-order valence-electron chi connectivity index (χ3n) is 13.9. The number of nitrogens with one attached hydrogen (secondary N) is 1. The van der Waals surface area contributed by atoms with Crippen LogP contribution in [-0.4, -0.2) is 85.3 Å². The maximum absolute atomic E-state index is 15.1. The first-order chi connectivity index (χ1) is 30.3. The molecule has 1 amide bonds. The van der Waals surface area contributed by atoms with Crippen LogP contribution in [0.25, 0.3) is 22.0 Å². The molecular weight excluding hydrogens is 835 g/mol. The van der Waals surface area contributed by atoms with Crippen molar-refractivity contribution in [1.82, 2.24) is 14.6 Å². The third-order valence-corrected chi connectivity index (χ3v) is 16.1. The Kier molecular flexibility index (Phi) is 12.3. The molecule has 8 rings (SSSR count). The van der Waals surface area contributed by atoms with Crippen LogP contribution in [0.15, 0.2) is 66.9 Å². The summed E-state index contributed by atoms with van der Waals surface area (Å²) in [6, 6.07) is 12.6. The molecule has 7 atom stereocenters. The summed E-state index contributed by atoms with van der Waals surface area (Å²) in [6.07, 6.45) is 7.42. The topological polar surface area (TPSA) is 160 Å². The van der Waals surface area contributed by atoms with E-state index in [0.717, 1.165) is 35.6 Å². The van der Waals surface area contributed by atoms with Gasteiger partial charge in [-0.25, -0.2) is 13.4 Å². The second kappa shape index (κ2) is 17.4. The summed E-state index contributed by atoms with van der Waals surface area (Å²) >= 11 is 0. The van der Waals surface area contributed by atoms with Crippen LogP contribution in [-0.2, 0) is 29.1 Å². The van der Waals surface area contributed by atoms with Crippen LogP contribution in [0.1, 0.15) is 99.3 Å². The Balaban J connectivity index is 1.16. The minimum atomic E-state index is -3.95. The first kappa shape index (κ1) is 45.5. The quantitative estimate of drug-likeness (QED) is 0.162. The number of ether oxygens (including phenoxy) is 5. The Hall–Kier alpha value is -5.11. The minimum absolute atomic E-state index is 0.00244. The molecule has 13 nitrogen and oxygen atoms in total. The average Bonchev–Trinajstić information content (AvgIpc) is 4.13. The fraction of sp³-hybridized carbons (Fsp3) is 0.560. The fourth-order valence-corrected chi connectivity index (χ4v) is 11.1. The van der Waals surface area contributed by atoms with Gasteiger partial charge in [-0.3, -0.25) is 19.1 Å². The van der Waals surface area contributed by atoms with Crippen molar-refractivity contribution in [3.8, 4) is 34.4 Å². The van der Waals surface area contributed by atoms with Crippen LogP contribution in [0.2, 0.25) is 0 Å². The first-order valence-corrected chi connectivity index (χ1v) is 24.3. The molecule has 1 unspecified atom stereocenters. The second-order valence-corrected chi connectivity index (χ2v) is 22.3. The summed E-state index contributed by atoms with van der Waals surface area (Å²) in [5.41, 5.74) is 0.147. The Morgan fingerprint density at radius 1 is 1.03 bits per heavy atom. The Morgan fingerprint density at radius 3 is 2.50 bits per heavy atom. The molecule has 1 saturated heterocycles. The maximum atomic E-state index is 15.1. The number of carbonyl (C=O) groups excluding carboxylic acids is 3. The molecular formula is C50H63N3O10S. The molecule has 3 fully saturated rings. The number of rotatable bonds is 9. The Labute approximate surface area is 377 Å². The van der Waals surface area contributed by atoms with Gasteiger partial charge < -0.3 is 28.6 Å². The van der Waals surface area contributed by atoms with Crippen LogP contribution in [0, 0.1) is 29.1 Å². The van der Waals surface area contributed by atoms with Crippen LogP contribution < -0.4 is 23.7 Å². The van der Waals surface area contributed by atoms with Crippen LogP contribution >= 0.6 is 0 Å². The number of hydrogen-bond donors (Lipinski definition) is 1. The van der Waals surface area contributed by atoms with Crippen molar-refractivity contribution in [2.75, 3.05) is 26.9 Å². The van der Waals surface area contributed by atoms with Gasteiger partial charge in [0.2, 0.25) is 21.8 Å². The number of pyridine rings is 1. The maximum Gasteiger partial charge on any atom is 0.306 e. The molecule has 1 aromatic heterocycles. The SMILES string of the molecule is C=C1[C@@H](CC(=O)OC(C)(C)C)[C@H](C)C[C@H](C)CC/C=C\[C@@H]2C[C@@]2(C(=O)NS(=O)(=O)C2(C)CC2)CC(=O)[C@@H]2CC(Oc3nc(-c4ccc5c(c4)OCCO5)cc4cc(OC)ccc34)CN12. The normalized spacial score (nSPS) is 28.5. The van der Waals surface area contributed by atoms with Gasteiger partial charge in [-0.05, 0) is 132 Å². The second-order valence-electron chi connectivity index (χ2n) is 20.1. The molecule has 2 aromatic carbocycles. The van der Waals surface area contributed by atoms with Gasteiger partial charge >= 0.3 is 5.97 Å². The van der Waals surface area contributed by atoms with Crippen molar-refractivity contribution in [3.63, 3.8) is 0 Å². The van der Waals surface area contributed by atoms with E-state index in [4.69, 9.17) is 28.7 Å². The minimum Gasteiger partial charge on any atom is -0.497 e. The molecule has 1 N–H and O–H groups in total. The van der Waals surface area contributed by atoms with Crippen LogP contribution in [0.5, 0.6) is 23.1 Å². The van der Waals surface area contributed by atoms with Crippen molar-refractivity contribution in [2.45, 2.75) is 122 Å². The smallest absolute Gasteiger partial charge is 0.306 e. The number of sulfonamides is 1. The number of methoxy groups -OCH3 is 1. The molecule has 64 heavy (non-hydrogen) atoms. The van der Waals surface area contributed by atoms with E-state index < -0.39 is 43.8 Å². The highest BCUT2D eigenvalue weighted by Crippen LogP contribution is 2.58. The molecule has 3 aromatic rings. The monoisotopic (exact) mass is 897 g/mol. The number of allylic oxidation sites excluding steroid dienone is 3. The van der Waals surface area contributed by atoms with E-state index in [1.165, 1.54) is 0 Å². The van der Waals surface area contributed by atoms with Crippen LogP contribution in [0.4, 0.5) is 0 Å². The van der Waals surface area contributed by atoms with E-state index >= 15 is 4.79 Å². The highest BCUT2D eigenvalue weighted by atomic mass is 32.2. The van der Waals surface area contributed by atoms with Gasteiger partial charge in [0.1, 0.15) is 30.7 Å². The first-order valence-electron chi connectivity index (χ1n) is 22.8. The molecule has 344 valence electrons. The molecule has 0 spiro atoms. The number of Topliss-reactive ketones (excluding diaryl/α,β-unsaturated/α-hetero) is 1. The number of amides is 1. The number of nitrogens with zero attached hydrogens (tertiary/aromatic N) is 2. The molecule has 4 heterocycles. The Morgan fingerprint density at radius 2 is 1.78 bits per heavy atom. The zero-order valence-electron chi connectivity index (χ0n) is 38.2. The number of aromatic nitrogens is 1. The lowest BCUT2D eigenvalue weighted by Crippen LogP contribution is -2.45. The van der Waals surface area contributed by atoms with Gasteiger partial charge in [0.05, 0.1) is 42.0 Å². The molecule has 3 aliphatic heterocycles. The standard InChI is InChI=1S/C50H63N3O10S/c1-30-11-9-10-12-35-27-50(35,47(56)52-64(57,58)49(7)17-18-49)28-42(54)41-25-37(29-53(41)32(3)39(31(2)21-30)26-45(55)63-48(4,5)6)62-46-38-15-14-36(59-8)22-34(38)23-40(51-46)33-13-16-43-44(24-33)61-20-19-60-43/h10,12-16,22-24,30-31,35,37,39,41H,3,9,11,17-21,25-29H2,1-2,4-8H3,(H,52,56)/b12-10-/t30-,31-,35-,37?,39+,41+,50-/m1/s1. The van der Waals surface area contributed by atoms with Crippen molar-refractivity contribution in [1.29, 1.82) is 0 Å². The van der Waals surface area contributed by atoms with Gasteiger partial charge in [-0.15, -0.1) is 0 Å². The van der Waals surface area contributed by atoms with Crippen molar-refractivity contribution >= 4 is 38.5 Å². The number of fused-ring (bicyclic) bond motifs is 4. The van der Waals surface area contributed by atoms with E-state index in [0.29, 0.717) is 72.9 Å². The van der Waals surface area contributed by atoms with Gasteiger partial charge in [-0.1, -0.05) is 32.6 Å². The number of carbonyl (C=O) groups is 3. The largest absolute Gasteiger partial charge is 0.497 e. The molecule has 2 saturated carbocycles. The molecule has 0 bridgehead atoms. The van der Waals surface area contributed by atoms with Gasteiger partial charge in [-0.2, -0.15) is 0 Å². The number of benzene rings is 2. The Bertz CT molecular complexity index is 2470. The lowest BCUT2D eigenvalue weighted by atomic mass is 9.80. The molecule has 2 aliphatic carbocycles. The highest BCUT2D eigenvalue weighted by Gasteiger charge is 2.62. The number of ketones is 1. The zero-order valence-corrected chi connectivity index (χ0v) is 39.1. The summed E-state index contributed by atoms with van der Waals surface area (Å²) < 4.78 is 58.3. The fourth-order valence-electron chi connectivity index (χ4n) is 9.77. The van der Waals surface area contributed by atoms with Crippen molar-refractivity contribution in [2.24, 2.45) is 29.1 Å². The van der Waals surface area contributed by atoms with Crippen LogP contribution in [0.3, 0.4) is 0 Å². The predicted molar refractivity (Wildman–Crippen MR) is 244 cm³/mol. The third kappa shape index (κ3) is 9.48. The summed E-state index contributed by atoms with van der Waals surface area (Å²) in [6.45, 7) is 17.3. The molecule has 5 aliphatic rings. The number of hydrogen-bond acceptors (Lipinski definition) is 12.